The first-order chi connectivity index (χ1) is 9.52. The largest absolute Gasteiger partial charge is 0.324 e. The summed E-state index contributed by atoms with van der Waals surface area (Å²) in [5, 5.41) is 3.37. The minimum Gasteiger partial charge on any atom is -0.324 e. The van der Waals surface area contributed by atoms with E-state index < -0.39 is 0 Å². The molecule has 0 saturated heterocycles. The summed E-state index contributed by atoms with van der Waals surface area (Å²) in [5.74, 6) is 5.13. The number of aryl methyl sites for hydroxylation is 1. The van der Waals surface area contributed by atoms with Crippen molar-refractivity contribution in [2.75, 3.05) is 10.7 Å². The minimum absolute atomic E-state index is 0.200. The average Bonchev–Trinajstić information content (AvgIpc) is 2.43. The van der Waals surface area contributed by atoms with Crippen molar-refractivity contribution in [1.82, 2.24) is 0 Å². The van der Waals surface area contributed by atoms with E-state index in [0.717, 1.165) is 11.3 Å². The van der Waals surface area contributed by atoms with Crippen molar-refractivity contribution < 1.29 is 4.79 Å². The average molecular weight is 355 g/mol. The summed E-state index contributed by atoms with van der Waals surface area (Å²) in [4.78, 5) is 12.3. The van der Waals surface area contributed by atoms with Gasteiger partial charge in [-0.25, -0.2) is 0 Å². The Hall–Kier alpha value is -1.56. The van der Waals surface area contributed by atoms with Crippen LogP contribution in [-0.4, -0.2) is 5.91 Å². The monoisotopic (exact) mass is 353 g/mol. The van der Waals surface area contributed by atoms with E-state index in [1.54, 1.807) is 30.3 Å². The number of benzene rings is 2. The molecule has 4 N–H and O–H groups in total. The third-order valence-corrected chi connectivity index (χ3v) is 4.24. The Kier molecular flexibility index (Phi) is 4.65. The number of rotatable bonds is 3. The topological polar surface area (TPSA) is 67.1 Å². The molecular formula is C14H13BrClN3O. The van der Waals surface area contributed by atoms with Gasteiger partial charge in [0.1, 0.15) is 0 Å². The highest BCUT2D eigenvalue weighted by molar-refractivity contribution is 9.10. The van der Waals surface area contributed by atoms with Crippen LogP contribution in [0.3, 0.4) is 0 Å². The lowest BCUT2D eigenvalue weighted by atomic mass is 10.1. The highest BCUT2D eigenvalue weighted by atomic mass is 79.9. The fraction of sp³-hybridized carbons (Fsp3) is 0.0714. The zero-order valence-corrected chi connectivity index (χ0v) is 13.0. The van der Waals surface area contributed by atoms with Gasteiger partial charge in [-0.2, -0.15) is 0 Å². The molecule has 6 heteroatoms. The van der Waals surface area contributed by atoms with Crippen LogP contribution in [0, 0.1) is 6.92 Å². The molecule has 0 aliphatic rings. The molecule has 0 unspecified atom stereocenters. The van der Waals surface area contributed by atoms with Gasteiger partial charge in [-0.15, -0.1) is 0 Å². The zero-order valence-electron chi connectivity index (χ0n) is 10.7. The summed E-state index contributed by atoms with van der Waals surface area (Å²) in [6, 6.07) is 10.6. The summed E-state index contributed by atoms with van der Waals surface area (Å²) >= 11 is 9.34. The lowest BCUT2D eigenvalue weighted by Crippen LogP contribution is -2.14. The van der Waals surface area contributed by atoms with E-state index in [-0.39, 0.29) is 5.91 Å². The minimum atomic E-state index is -0.200. The molecule has 0 radical (unpaired) electrons. The number of hydrogen-bond acceptors (Lipinski definition) is 3. The fourth-order valence-electron chi connectivity index (χ4n) is 1.80. The highest BCUT2D eigenvalue weighted by Crippen LogP contribution is 2.30. The summed E-state index contributed by atoms with van der Waals surface area (Å²) < 4.78 is 0.660. The Morgan fingerprint density at radius 3 is 2.70 bits per heavy atom. The van der Waals surface area contributed by atoms with Crippen LogP contribution in [0.4, 0.5) is 11.4 Å². The van der Waals surface area contributed by atoms with Crippen molar-refractivity contribution in [2.24, 2.45) is 5.84 Å². The molecule has 0 bridgehead atoms. The van der Waals surface area contributed by atoms with Crippen LogP contribution in [0.1, 0.15) is 15.9 Å². The molecule has 0 aliphatic carbocycles. The second kappa shape index (κ2) is 6.26. The number of carbonyl (C=O) groups excluding carboxylic acids is 1. The molecular weight excluding hydrogens is 342 g/mol. The normalized spacial score (nSPS) is 10.2. The first-order valence-corrected chi connectivity index (χ1v) is 7.02. The molecule has 4 nitrogen and oxygen atoms in total. The number of carbonyl (C=O) groups is 1. The van der Waals surface area contributed by atoms with E-state index in [1.807, 2.05) is 13.0 Å². The van der Waals surface area contributed by atoms with Crippen LogP contribution in [0.15, 0.2) is 40.9 Å². The van der Waals surface area contributed by atoms with Crippen LogP contribution < -0.4 is 16.6 Å². The highest BCUT2D eigenvalue weighted by Gasteiger charge is 2.12. The van der Waals surface area contributed by atoms with Crippen molar-refractivity contribution >= 4 is 44.8 Å². The summed E-state index contributed by atoms with van der Waals surface area (Å²) in [6.07, 6.45) is 0. The first-order valence-electron chi connectivity index (χ1n) is 5.85. The SMILES string of the molecule is Cc1cc(NN)ccc1C(=O)Nc1cccc(Cl)c1Br. The molecule has 0 heterocycles. The molecule has 0 atom stereocenters. The van der Waals surface area contributed by atoms with Gasteiger partial charge in [-0.3, -0.25) is 10.6 Å². The maximum absolute atomic E-state index is 12.3. The van der Waals surface area contributed by atoms with E-state index in [1.165, 1.54) is 0 Å². The number of hydrazine groups is 1. The van der Waals surface area contributed by atoms with Gasteiger partial charge in [-0.05, 0) is 58.7 Å². The molecule has 0 spiro atoms. The molecule has 0 aliphatic heterocycles. The predicted molar refractivity (Wildman–Crippen MR) is 86.1 cm³/mol. The van der Waals surface area contributed by atoms with E-state index in [0.29, 0.717) is 20.7 Å². The maximum Gasteiger partial charge on any atom is 0.255 e. The Labute approximate surface area is 130 Å². The summed E-state index contributed by atoms with van der Waals surface area (Å²) in [6.45, 7) is 1.85. The van der Waals surface area contributed by atoms with Gasteiger partial charge in [0.15, 0.2) is 0 Å². The van der Waals surface area contributed by atoms with Gasteiger partial charge in [-0.1, -0.05) is 17.7 Å². The van der Waals surface area contributed by atoms with Crippen LogP contribution in [0.25, 0.3) is 0 Å². The third kappa shape index (κ3) is 3.12. The Balaban J connectivity index is 2.26. The first kappa shape index (κ1) is 14.8. The lowest BCUT2D eigenvalue weighted by molar-refractivity contribution is 0.102. The molecule has 0 aromatic heterocycles. The van der Waals surface area contributed by atoms with Crippen molar-refractivity contribution in [2.45, 2.75) is 6.92 Å². The quantitative estimate of drug-likeness (QED) is 0.577. The van der Waals surface area contributed by atoms with Crippen molar-refractivity contribution in [3.63, 3.8) is 0 Å². The lowest BCUT2D eigenvalue weighted by Gasteiger charge is -2.11. The van der Waals surface area contributed by atoms with Crippen LogP contribution in [-0.2, 0) is 0 Å². The van der Waals surface area contributed by atoms with Gasteiger partial charge < -0.3 is 10.7 Å². The number of hydrogen-bond donors (Lipinski definition) is 3. The second-order valence-electron chi connectivity index (χ2n) is 4.23. The molecule has 2 aromatic carbocycles. The Morgan fingerprint density at radius 2 is 2.05 bits per heavy atom. The number of amides is 1. The molecule has 0 saturated carbocycles. The van der Waals surface area contributed by atoms with Gasteiger partial charge in [0.25, 0.3) is 5.91 Å². The summed E-state index contributed by atoms with van der Waals surface area (Å²) in [7, 11) is 0. The third-order valence-electron chi connectivity index (χ3n) is 2.84. The van der Waals surface area contributed by atoms with Gasteiger partial charge in [0, 0.05) is 11.3 Å². The molecule has 2 rings (SSSR count). The maximum atomic E-state index is 12.3. The van der Waals surface area contributed by atoms with Gasteiger partial charge in [0.05, 0.1) is 15.2 Å². The van der Waals surface area contributed by atoms with Crippen LogP contribution in [0.2, 0.25) is 5.02 Å². The number of anilines is 2. The summed E-state index contributed by atoms with van der Waals surface area (Å²) in [5.41, 5.74) is 5.33. The molecule has 0 fully saturated rings. The molecule has 104 valence electrons. The van der Waals surface area contributed by atoms with E-state index >= 15 is 0 Å². The standard InChI is InChI=1S/C14H13BrClN3O/c1-8-7-9(19-17)5-6-10(8)14(20)18-12-4-2-3-11(16)13(12)15/h2-7,19H,17H2,1H3,(H,18,20). The number of halogens is 2. The number of nitrogens with one attached hydrogen (secondary N) is 2. The fourth-order valence-corrected chi connectivity index (χ4v) is 2.34. The number of nitrogen functional groups attached to an aromatic ring is 1. The molecule has 1 amide bonds. The second-order valence-corrected chi connectivity index (χ2v) is 5.43. The Bertz CT molecular complexity index is 661. The van der Waals surface area contributed by atoms with Crippen molar-refractivity contribution in [3.8, 4) is 0 Å². The number of nitrogens with two attached hydrogens (primary N) is 1. The van der Waals surface area contributed by atoms with Crippen LogP contribution >= 0.6 is 27.5 Å². The van der Waals surface area contributed by atoms with E-state index in [9.17, 15) is 4.79 Å². The van der Waals surface area contributed by atoms with E-state index in [4.69, 9.17) is 17.4 Å². The van der Waals surface area contributed by atoms with E-state index in [2.05, 4.69) is 26.7 Å². The zero-order chi connectivity index (χ0) is 14.7. The smallest absolute Gasteiger partial charge is 0.255 e. The molecule has 20 heavy (non-hydrogen) atoms. The van der Waals surface area contributed by atoms with Crippen molar-refractivity contribution in [1.29, 1.82) is 0 Å². The van der Waals surface area contributed by atoms with Crippen LogP contribution in [0.5, 0.6) is 0 Å². The molecule has 2 aromatic rings. The van der Waals surface area contributed by atoms with Gasteiger partial charge >= 0.3 is 0 Å². The van der Waals surface area contributed by atoms with Gasteiger partial charge in [0.2, 0.25) is 0 Å². The Morgan fingerprint density at radius 1 is 1.30 bits per heavy atom. The predicted octanol–water partition coefficient (Wildman–Crippen LogP) is 3.95. The van der Waals surface area contributed by atoms with Crippen molar-refractivity contribution in [3.05, 3.63) is 57.0 Å².